The molecule has 0 bridgehead atoms. The molecule has 0 unspecified atom stereocenters. The number of sulfone groups is 1. The van der Waals surface area contributed by atoms with Crippen LogP contribution in [0.2, 0.25) is 5.02 Å². The fraction of sp³-hybridized carbons (Fsp3) is 0.0667. The zero-order chi connectivity index (χ0) is 15.7. The van der Waals surface area contributed by atoms with Gasteiger partial charge in [-0.15, -0.1) is 0 Å². The van der Waals surface area contributed by atoms with Crippen LogP contribution in [0.5, 0.6) is 0 Å². The molecule has 7 heteroatoms. The molecule has 0 saturated carbocycles. The molecule has 22 heavy (non-hydrogen) atoms. The Labute approximate surface area is 137 Å². The molecule has 0 aliphatic heterocycles. The lowest BCUT2D eigenvalue weighted by Crippen LogP contribution is -1.97. The van der Waals surface area contributed by atoms with E-state index in [0.29, 0.717) is 21.0 Å². The van der Waals surface area contributed by atoms with Gasteiger partial charge in [-0.2, -0.15) is 0 Å². The third-order valence-corrected chi connectivity index (χ3v) is 5.42. The van der Waals surface area contributed by atoms with Crippen molar-refractivity contribution in [3.8, 4) is 0 Å². The van der Waals surface area contributed by atoms with E-state index in [2.05, 4.69) is 9.97 Å². The first-order chi connectivity index (χ1) is 10.4. The maximum absolute atomic E-state index is 11.7. The topological polar surface area (TPSA) is 59.9 Å². The zero-order valence-electron chi connectivity index (χ0n) is 11.5. The van der Waals surface area contributed by atoms with Crippen LogP contribution in [0.15, 0.2) is 63.6 Å². The highest BCUT2D eigenvalue weighted by molar-refractivity contribution is 7.99. The summed E-state index contributed by atoms with van der Waals surface area (Å²) < 4.78 is 23.4. The van der Waals surface area contributed by atoms with Crippen LogP contribution in [0.25, 0.3) is 10.9 Å². The molecule has 3 rings (SSSR count). The molecule has 0 spiro atoms. The second kappa shape index (κ2) is 5.87. The van der Waals surface area contributed by atoms with Crippen LogP contribution in [-0.2, 0) is 9.84 Å². The molecule has 0 atom stereocenters. The third-order valence-electron chi connectivity index (χ3n) is 3.03. The number of hydrogen-bond donors (Lipinski definition) is 0. The van der Waals surface area contributed by atoms with Gasteiger partial charge in [-0.3, -0.25) is 0 Å². The number of nitrogens with zero attached hydrogens (tertiary/aromatic N) is 2. The SMILES string of the molecule is CS(=O)(=O)c1ccc2ncnc(Sc3ccc(Cl)cc3)c2c1. The Balaban J connectivity index is 2.10. The van der Waals surface area contributed by atoms with Gasteiger partial charge >= 0.3 is 0 Å². The summed E-state index contributed by atoms with van der Waals surface area (Å²) in [4.78, 5) is 9.68. The first-order valence-electron chi connectivity index (χ1n) is 6.32. The second-order valence-electron chi connectivity index (χ2n) is 4.69. The van der Waals surface area contributed by atoms with Crippen LogP contribution in [0.4, 0.5) is 0 Å². The van der Waals surface area contributed by atoms with E-state index in [-0.39, 0.29) is 4.90 Å². The van der Waals surface area contributed by atoms with Crippen LogP contribution < -0.4 is 0 Å². The van der Waals surface area contributed by atoms with Crippen molar-refractivity contribution in [2.75, 3.05) is 6.26 Å². The molecule has 4 nitrogen and oxygen atoms in total. The molecule has 112 valence electrons. The molecule has 2 aromatic carbocycles. The molecule has 1 aromatic heterocycles. The van der Waals surface area contributed by atoms with E-state index >= 15 is 0 Å². The Hall–Kier alpha value is -1.63. The molecule has 0 aliphatic rings. The van der Waals surface area contributed by atoms with Crippen molar-refractivity contribution in [2.45, 2.75) is 14.8 Å². The molecular formula is C15H11ClN2O2S2. The van der Waals surface area contributed by atoms with Crippen molar-refractivity contribution in [1.82, 2.24) is 9.97 Å². The molecule has 0 radical (unpaired) electrons. The van der Waals surface area contributed by atoms with Gasteiger partial charge in [0.25, 0.3) is 0 Å². The number of aromatic nitrogens is 2. The number of benzene rings is 2. The summed E-state index contributed by atoms with van der Waals surface area (Å²) in [5, 5.41) is 2.08. The van der Waals surface area contributed by atoms with Crippen LogP contribution in [-0.4, -0.2) is 24.6 Å². The maximum Gasteiger partial charge on any atom is 0.175 e. The van der Waals surface area contributed by atoms with Gasteiger partial charge in [0.2, 0.25) is 0 Å². The second-order valence-corrected chi connectivity index (χ2v) is 8.20. The molecule has 0 aliphatic carbocycles. The Bertz CT molecular complexity index is 941. The highest BCUT2D eigenvalue weighted by Gasteiger charge is 2.11. The van der Waals surface area contributed by atoms with Crippen LogP contribution in [0, 0.1) is 0 Å². The van der Waals surface area contributed by atoms with E-state index < -0.39 is 9.84 Å². The monoisotopic (exact) mass is 350 g/mol. The van der Waals surface area contributed by atoms with E-state index in [1.165, 1.54) is 24.3 Å². The van der Waals surface area contributed by atoms with E-state index in [1.807, 2.05) is 12.1 Å². The van der Waals surface area contributed by atoms with Gasteiger partial charge in [-0.25, -0.2) is 18.4 Å². The average molecular weight is 351 g/mol. The standard InChI is InChI=1S/C15H11ClN2O2S2/c1-22(19,20)12-6-7-14-13(8-12)15(18-9-17-14)21-11-4-2-10(16)3-5-11/h2-9H,1H3. The van der Waals surface area contributed by atoms with Gasteiger partial charge in [0.1, 0.15) is 11.4 Å². The smallest absolute Gasteiger partial charge is 0.175 e. The minimum absolute atomic E-state index is 0.257. The Morgan fingerprint density at radius 2 is 1.77 bits per heavy atom. The molecule has 0 saturated heterocycles. The first-order valence-corrected chi connectivity index (χ1v) is 9.40. The van der Waals surface area contributed by atoms with Crippen molar-refractivity contribution < 1.29 is 8.42 Å². The predicted molar refractivity (Wildman–Crippen MR) is 88.2 cm³/mol. The lowest BCUT2D eigenvalue weighted by Gasteiger charge is -2.06. The summed E-state index contributed by atoms with van der Waals surface area (Å²) in [6.07, 6.45) is 2.66. The van der Waals surface area contributed by atoms with Crippen LogP contribution in [0.1, 0.15) is 0 Å². The number of hydrogen-bond acceptors (Lipinski definition) is 5. The summed E-state index contributed by atoms with van der Waals surface area (Å²) in [7, 11) is -3.27. The Morgan fingerprint density at radius 1 is 1.05 bits per heavy atom. The number of fused-ring (bicyclic) bond motifs is 1. The summed E-state index contributed by atoms with van der Waals surface area (Å²) in [5.74, 6) is 0. The maximum atomic E-state index is 11.7. The highest BCUT2D eigenvalue weighted by atomic mass is 35.5. The summed E-state index contributed by atoms with van der Waals surface area (Å²) in [6, 6.07) is 12.2. The van der Waals surface area contributed by atoms with Gasteiger partial charge in [0.15, 0.2) is 9.84 Å². The van der Waals surface area contributed by atoms with Crippen molar-refractivity contribution in [3.05, 3.63) is 53.8 Å². The molecule has 3 aromatic rings. The lowest BCUT2D eigenvalue weighted by atomic mass is 10.2. The summed E-state index contributed by atoms with van der Waals surface area (Å²) in [5.41, 5.74) is 0.707. The summed E-state index contributed by atoms with van der Waals surface area (Å²) >= 11 is 7.32. The van der Waals surface area contributed by atoms with E-state index in [4.69, 9.17) is 11.6 Å². The van der Waals surface area contributed by atoms with Crippen molar-refractivity contribution in [2.24, 2.45) is 0 Å². The fourth-order valence-corrected chi connectivity index (χ4v) is 3.58. The predicted octanol–water partition coefficient (Wildman–Crippen LogP) is 3.84. The molecular weight excluding hydrogens is 340 g/mol. The number of halogens is 1. The van der Waals surface area contributed by atoms with Gasteiger partial charge in [0.05, 0.1) is 10.4 Å². The van der Waals surface area contributed by atoms with E-state index in [0.717, 1.165) is 4.90 Å². The van der Waals surface area contributed by atoms with E-state index in [1.54, 1.807) is 30.3 Å². The zero-order valence-corrected chi connectivity index (χ0v) is 13.9. The van der Waals surface area contributed by atoms with Crippen LogP contribution >= 0.6 is 23.4 Å². The third kappa shape index (κ3) is 3.24. The van der Waals surface area contributed by atoms with Crippen molar-refractivity contribution >= 4 is 44.1 Å². The largest absolute Gasteiger partial charge is 0.236 e. The fourth-order valence-electron chi connectivity index (χ4n) is 1.94. The minimum atomic E-state index is -3.27. The molecule has 0 amide bonds. The van der Waals surface area contributed by atoms with Crippen LogP contribution in [0.3, 0.4) is 0 Å². The van der Waals surface area contributed by atoms with Crippen molar-refractivity contribution in [3.63, 3.8) is 0 Å². The lowest BCUT2D eigenvalue weighted by molar-refractivity contribution is 0.602. The number of rotatable bonds is 3. The molecule has 0 N–H and O–H groups in total. The van der Waals surface area contributed by atoms with E-state index in [9.17, 15) is 8.42 Å². The highest BCUT2D eigenvalue weighted by Crippen LogP contribution is 2.32. The summed E-state index contributed by atoms with van der Waals surface area (Å²) in [6.45, 7) is 0. The Kier molecular flexibility index (Phi) is 4.08. The minimum Gasteiger partial charge on any atom is -0.236 e. The van der Waals surface area contributed by atoms with Gasteiger partial charge < -0.3 is 0 Å². The normalized spacial score (nSPS) is 11.7. The van der Waals surface area contributed by atoms with Gasteiger partial charge in [-0.1, -0.05) is 23.4 Å². The molecule has 1 heterocycles. The Morgan fingerprint density at radius 3 is 2.45 bits per heavy atom. The van der Waals surface area contributed by atoms with Gasteiger partial charge in [0, 0.05) is 21.6 Å². The first kappa shape index (κ1) is 15.3. The molecule has 0 fully saturated rings. The van der Waals surface area contributed by atoms with Crippen molar-refractivity contribution in [1.29, 1.82) is 0 Å². The van der Waals surface area contributed by atoms with Gasteiger partial charge in [-0.05, 0) is 42.5 Å². The average Bonchev–Trinajstić information content (AvgIpc) is 2.48. The quantitative estimate of drug-likeness (QED) is 0.672.